The fraction of sp³-hybridized carbons (Fsp3) is 0.579. The molecule has 2 amide bonds. The summed E-state index contributed by atoms with van der Waals surface area (Å²) in [5.74, 6) is -0.130. The first-order valence-electron chi connectivity index (χ1n) is 9.17. The highest BCUT2D eigenvalue weighted by Gasteiger charge is 2.28. The second kappa shape index (κ2) is 8.37. The summed E-state index contributed by atoms with van der Waals surface area (Å²) >= 11 is 0. The van der Waals surface area contributed by atoms with Crippen molar-refractivity contribution >= 4 is 23.2 Å². The minimum absolute atomic E-state index is 0.000495. The largest absolute Gasteiger partial charge is 0.366 e. The molecule has 8 nitrogen and oxygen atoms in total. The molecule has 0 spiro atoms. The molecule has 0 bridgehead atoms. The number of hydrogen-bond donors (Lipinski definition) is 2. The van der Waals surface area contributed by atoms with Gasteiger partial charge in [-0.15, -0.1) is 0 Å². The molecule has 1 atom stereocenters. The lowest BCUT2D eigenvalue weighted by Gasteiger charge is -2.34. The molecule has 27 heavy (non-hydrogen) atoms. The Morgan fingerprint density at radius 2 is 2.04 bits per heavy atom. The van der Waals surface area contributed by atoms with E-state index < -0.39 is 10.3 Å². The Labute approximate surface area is 159 Å². The van der Waals surface area contributed by atoms with Crippen molar-refractivity contribution < 1.29 is 14.5 Å². The molecule has 2 N–H and O–H groups in total. The molecule has 148 valence electrons. The molecule has 1 aromatic carbocycles. The lowest BCUT2D eigenvalue weighted by atomic mass is 9.93. The van der Waals surface area contributed by atoms with Gasteiger partial charge in [0.25, 0.3) is 11.6 Å². The first kappa shape index (κ1) is 20.7. The van der Waals surface area contributed by atoms with E-state index in [1.807, 2.05) is 25.7 Å². The third-order valence-electron chi connectivity index (χ3n) is 4.75. The van der Waals surface area contributed by atoms with Gasteiger partial charge in [0.15, 0.2) is 0 Å². The second-order valence-electron chi connectivity index (χ2n) is 7.95. The summed E-state index contributed by atoms with van der Waals surface area (Å²) in [6.45, 7) is 7.50. The number of nitro groups is 1. The van der Waals surface area contributed by atoms with Gasteiger partial charge in [-0.1, -0.05) is 20.8 Å². The fourth-order valence-electron chi connectivity index (χ4n) is 3.18. The first-order chi connectivity index (χ1) is 12.6. The molecule has 1 unspecified atom stereocenters. The summed E-state index contributed by atoms with van der Waals surface area (Å²) in [4.78, 5) is 36.9. The molecule has 0 aliphatic carbocycles. The number of nitro benzene ring substituents is 1. The van der Waals surface area contributed by atoms with Gasteiger partial charge in [-0.3, -0.25) is 19.7 Å². The highest BCUT2D eigenvalue weighted by molar-refractivity contribution is 5.95. The van der Waals surface area contributed by atoms with Crippen LogP contribution in [0.4, 0.5) is 11.4 Å². The van der Waals surface area contributed by atoms with Crippen LogP contribution < -0.4 is 15.5 Å². The molecule has 8 heteroatoms. The quantitative estimate of drug-likeness (QED) is 0.606. The van der Waals surface area contributed by atoms with Crippen LogP contribution in [0, 0.1) is 21.4 Å². The van der Waals surface area contributed by atoms with Crippen LogP contribution in [-0.2, 0) is 4.79 Å². The van der Waals surface area contributed by atoms with Gasteiger partial charge in [-0.05, 0) is 30.9 Å². The van der Waals surface area contributed by atoms with E-state index in [4.69, 9.17) is 0 Å². The standard InChI is InChI=1S/C19H28N4O4/c1-19(2,3)18(25)21-11-13-6-5-9-22(12-13)15-8-7-14(17(24)20-4)10-16(15)23(26)27/h7-8,10,13H,5-6,9,11-12H2,1-4H3,(H,20,24)(H,21,25). The number of nitrogens with zero attached hydrogens (tertiary/aromatic N) is 2. The van der Waals surface area contributed by atoms with Gasteiger partial charge in [-0.25, -0.2) is 0 Å². The van der Waals surface area contributed by atoms with E-state index in [0.29, 0.717) is 25.3 Å². The zero-order valence-corrected chi connectivity index (χ0v) is 16.4. The molecule has 1 fully saturated rings. The molecule has 0 aromatic heterocycles. The Hall–Kier alpha value is -2.64. The predicted molar refractivity (Wildman–Crippen MR) is 104 cm³/mol. The van der Waals surface area contributed by atoms with E-state index >= 15 is 0 Å². The third-order valence-corrected chi connectivity index (χ3v) is 4.75. The van der Waals surface area contributed by atoms with Crippen molar-refractivity contribution in [2.75, 3.05) is 31.6 Å². The van der Waals surface area contributed by atoms with Crippen molar-refractivity contribution in [3.63, 3.8) is 0 Å². The van der Waals surface area contributed by atoms with Crippen molar-refractivity contribution in [3.8, 4) is 0 Å². The molecule has 1 aromatic rings. The molecule has 1 saturated heterocycles. The number of anilines is 1. The van der Waals surface area contributed by atoms with Gasteiger partial charge >= 0.3 is 0 Å². The number of nitrogens with one attached hydrogen (secondary N) is 2. The molecular formula is C19H28N4O4. The zero-order valence-electron chi connectivity index (χ0n) is 16.4. The maximum Gasteiger partial charge on any atom is 0.293 e. The number of rotatable bonds is 5. The number of piperidine rings is 1. The van der Waals surface area contributed by atoms with Gasteiger partial charge in [0.1, 0.15) is 5.69 Å². The van der Waals surface area contributed by atoms with Crippen LogP contribution in [0.5, 0.6) is 0 Å². The van der Waals surface area contributed by atoms with Gasteiger partial charge < -0.3 is 15.5 Å². The molecule has 1 heterocycles. The highest BCUT2D eigenvalue weighted by atomic mass is 16.6. The lowest BCUT2D eigenvalue weighted by molar-refractivity contribution is -0.384. The Kier molecular flexibility index (Phi) is 6.41. The summed E-state index contributed by atoms with van der Waals surface area (Å²) in [5, 5.41) is 17.0. The van der Waals surface area contributed by atoms with Crippen molar-refractivity contribution in [1.29, 1.82) is 0 Å². The number of hydrogen-bond acceptors (Lipinski definition) is 5. The van der Waals surface area contributed by atoms with Crippen molar-refractivity contribution in [2.24, 2.45) is 11.3 Å². The van der Waals surface area contributed by atoms with Crippen molar-refractivity contribution in [3.05, 3.63) is 33.9 Å². The van der Waals surface area contributed by atoms with Crippen LogP contribution in [0.15, 0.2) is 18.2 Å². The van der Waals surface area contributed by atoms with E-state index in [9.17, 15) is 19.7 Å². The normalized spacial score (nSPS) is 17.3. The number of carbonyl (C=O) groups is 2. The van der Waals surface area contributed by atoms with Crippen molar-refractivity contribution in [1.82, 2.24) is 10.6 Å². The zero-order chi connectivity index (χ0) is 20.2. The van der Waals surface area contributed by atoms with Crippen LogP contribution in [0.25, 0.3) is 0 Å². The molecule has 1 aliphatic rings. The summed E-state index contributed by atoms with van der Waals surface area (Å²) < 4.78 is 0. The van der Waals surface area contributed by atoms with Crippen LogP contribution >= 0.6 is 0 Å². The molecular weight excluding hydrogens is 348 g/mol. The lowest BCUT2D eigenvalue weighted by Crippen LogP contribution is -2.43. The van der Waals surface area contributed by atoms with Crippen LogP contribution in [-0.4, -0.2) is 43.4 Å². The Morgan fingerprint density at radius 1 is 1.33 bits per heavy atom. The fourth-order valence-corrected chi connectivity index (χ4v) is 3.18. The van der Waals surface area contributed by atoms with Crippen molar-refractivity contribution in [2.45, 2.75) is 33.6 Å². The number of amides is 2. The van der Waals surface area contributed by atoms with E-state index in [0.717, 1.165) is 12.8 Å². The maximum absolute atomic E-state index is 12.1. The Bertz CT molecular complexity index is 727. The predicted octanol–water partition coefficient (Wildman–Crippen LogP) is 2.33. The van der Waals surface area contributed by atoms with Gasteiger partial charge in [0.2, 0.25) is 5.91 Å². The SMILES string of the molecule is CNC(=O)c1ccc(N2CCCC(CNC(=O)C(C)(C)C)C2)c([N+](=O)[O-])c1. The minimum Gasteiger partial charge on any atom is -0.366 e. The molecule has 2 rings (SSSR count). The van der Waals surface area contributed by atoms with E-state index in [-0.39, 0.29) is 29.0 Å². The summed E-state index contributed by atoms with van der Waals surface area (Å²) in [5.41, 5.74) is 0.261. The number of carbonyl (C=O) groups excluding carboxylic acids is 2. The smallest absolute Gasteiger partial charge is 0.293 e. The maximum atomic E-state index is 12.1. The molecule has 0 saturated carbocycles. The van der Waals surface area contributed by atoms with Gasteiger partial charge in [-0.2, -0.15) is 0 Å². The first-order valence-corrected chi connectivity index (χ1v) is 9.17. The second-order valence-corrected chi connectivity index (χ2v) is 7.95. The van der Waals surface area contributed by atoms with Gasteiger partial charge in [0.05, 0.1) is 4.92 Å². The number of benzene rings is 1. The average Bonchev–Trinajstić information content (AvgIpc) is 2.64. The highest BCUT2D eigenvalue weighted by Crippen LogP contribution is 2.32. The van der Waals surface area contributed by atoms with E-state index in [1.165, 1.54) is 13.1 Å². The minimum atomic E-state index is -0.452. The topological polar surface area (TPSA) is 105 Å². The van der Waals surface area contributed by atoms with E-state index in [2.05, 4.69) is 10.6 Å². The van der Waals surface area contributed by atoms with Crippen LogP contribution in [0.1, 0.15) is 44.0 Å². The summed E-state index contributed by atoms with van der Waals surface area (Å²) in [6.07, 6.45) is 1.86. The Morgan fingerprint density at radius 3 is 2.63 bits per heavy atom. The monoisotopic (exact) mass is 376 g/mol. The van der Waals surface area contributed by atoms with Crippen LogP contribution in [0.3, 0.4) is 0 Å². The average molecular weight is 376 g/mol. The Balaban J connectivity index is 2.14. The van der Waals surface area contributed by atoms with E-state index in [1.54, 1.807) is 12.1 Å². The summed E-state index contributed by atoms with van der Waals surface area (Å²) in [7, 11) is 1.49. The van der Waals surface area contributed by atoms with Gasteiger partial charge in [0, 0.05) is 43.7 Å². The summed E-state index contributed by atoms with van der Waals surface area (Å²) in [6, 6.07) is 4.56. The molecule has 0 radical (unpaired) electrons. The van der Waals surface area contributed by atoms with Crippen LogP contribution in [0.2, 0.25) is 0 Å². The third kappa shape index (κ3) is 5.18. The molecule has 1 aliphatic heterocycles.